The highest BCUT2D eigenvalue weighted by Crippen LogP contribution is 2.32. The molecule has 0 aliphatic carbocycles. The molecular weight excluding hydrogens is 248 g/mol. The number of imide groups is 1. The summed E-state index contributed by atoms with van der Waals surface area (Å²) in [5.41, 5.74) is -0.516. The van der Waals surface area contributed by atoms with Gasteiger partial charge < -0.3 is 15.1 Å². The van der Waals surface area contributed by atoms with Crippen molar-refractivity contribution in [1.29, 1.82) is 0 Å². The highest BCUT2D eigenvalue weighted by atomic mass is 16.3. The number of carbonyl (C=O) groups is 2. The highest BCUT2D eigenvalue weighted by Gasteiger charge is 2.50. The quantitative estimate of drug-likeness (QED) is 0.657. The van der Waals surface area contributed by atoms with Crippen LogP contribution in [0.1, 0.15) is 12.5 Å². The Kier molecular flexibility index (Phi) is 3.55. The van der Waals surface area contributed by atoms with E-state index < -0.39 is 30.2 Å². The van der Waals surface area contributed by atoms with Gasteiger partial charge in [0, 0.05) is 0 Å². The van der Waals surface area contributed by atoms with Crippen LogP contribution in [0.2, 0.25) is 0 Å². The van der Waals surface area contributed by atoms with E-state index in [0.717, 1.165) is 0 Å². The summed E-state index contributed by atoms with van der Waals surface area (Å²) in [4.78, 5) is 25.1. The summed E-state index contributed by atoms with van der Waals surface area (Å²) in [6.45, 7) is 1.04. The Morgan fingerprint density at radius 3 is 2.53 bits per heavy atom. The second kappa shape index (κ2) is 4.99. The molecule has 0 spiro atoms. The molecule has 1 heterocycles. The molecule has 19 heavy (non-hydrogen) atoms. The van der Waals surface area contributed by atoms with Crippen molar-refractivity contribution >= 4 is 11.9 Å². The number of hydrogen-bond acceptors (Lipinski definition) is 4. The zero-order valence-corrected chi connectivity index (χ0v) is 10.5. The van der Waals surface area contributed by atoms with Crippen molar-refractivity contribution < 1.29 is 19.8 Å². The van der Waals surface area contributed by atoms with E-state index in [9.17, 15) is 14.7 Å². The summed E-state index contributed by atoms with van der Waals surface area (Å²) in [6.07, 6.45) is -1.08. The van der Waals surface area contributed by atoms with E-state index in [4.69, 9.17) is 5.11 Å². The molecule has 3 N–H and O–H groups in total. The molecule has 0 radical (unpaired) electrons. The van der Waals surface area contributed by atoms with Crippen molar-refractivity contribution in [2.75, 3.05) is 13.2 Å². The normalized spacial score (nSPS) is 24.5. The van der Waals surface area contributed by atoms with E-state index in [1.807, 2.05) is 6.07 Å². The van der Waals surface area contributed by atoms with Gasteiger partial charge in [0.2, 0.25) is 0 Å². The first kappa shape index (κ1) is 13.5. The van der Waals surface area contributed by atoms with Crippen molar-refractivity contribution in [3.63, 3.8) is 0 Å². The molecule has 1 saturated heterocycles. The molecule has 2 unspecified atom stereocenters. The van der Waals surface area contributed by atoms with E-state index in [1.54, 1.807) is 31.2 Å². The number of amides is 3. The SMILES string of the molecule is CC1(c2ccccc2)C(=O)NC(=O)N1CC(O)CO. The molecule has 1 aliphatic heterocycles. The Balaban J connectivity index is 2.39. The molecule has 1 aromatic carbocycles. The summed E-state index contributed by atoms with van der Waals surface area (Å²) in [6, 6.07) is 8.29. The number of carbonyl (C=O) groups excluding carboxylic acids is 2. The molecule has 0 aromatic heterocycles. The summed E-state index contributed by atoms with van der Waals surface area (Å²) in [7, 11) is 0. The molecule has 6 heteroatoms. The van der Waals surface area contributed by atoms with Gasteiger partial charge in [-0.1, -0.05) is 30.3 Å². The van der Waals surface area contributed by atoms with E-state index in [2.05, 4.69) is 5.32 Å². The van der Waals surface area contributed by atoms with Crippen LogP contribution >= 0.6 is 0 Å². The molecule has 0 saturated carbocycles. The van der Waals surface area contributed by atoms with Gasteiger partial charge in [-0.3, -0.25) is 10.1 Å². The van der Waals surface area contributed by atoms with Crippen LogP contribution < -0.4 is 5.32 Å². The molecule has 6 nitrogen and oxygen atoms in total. The highest BCUT2D eigenvalue weighted by molar-refractivity contribution is 6.07. The lowest BCUT2D eigenvalue weighted by atomic mass is 9.90. The predicted molar refractivity (Wildman–Crippen MR) is 67.1 cm³/mol. The fourth-order valence-electron chi connectivity index (χ4n) is 2.20. The van der Waals surface area contributed by atoms with E-state index >= 15 is 0 Å². The number of β-amino-alcohol motifs (C(OH)–C–C–N with tert-alkyl or cyclic N) is 1. The van der Waals surface area contributed by atoms with Crippen LogP contribution in [-0.2, 0) is 10.3 Å². The number of nitrogens with one attached hydrogen (secondary N) is 1. The minimum absolute atomic E-state index is 0.112. The van der Waals surface area contributed by atoms with Gasteiger partial charge >= 0.3 is 6.03 Å². The van der Waals surface area contributed by atoms with Crippen molar-refractivity contribution in [3.8, 4) is 0 Å². The van der Waals surface area contributed by atoms with Gasteiger partial charge in [-0.15, -0.1) is 0 Å². The lowest BCUT2D eigenvalue weighted by Gasteiger charge is -2.33. The number of hydrogen-bond donors (Lipinski definition) is 3. The summed E-state index contributed by atoms with van der Waals surface area (Å²) < 4.78 is 0. The van der Waals surface area contributed by atoms with Gasteiger partial charge in [-0.25, -0.2) is 4.79 Å². The van der Waals surface area contributed by atoms with E-state index in [-0.39, 0.29) is 6.54 Å². The fraction of sp³-hybridized carbons (Fsp3) is 0.385. The molecule has 1 aliphatic rings. The zero-order chi connectivity index (χ0) is 14.0. The third-order valence-electron chi connectivity index (χ3n) is 3.39. The maximum absolute atomic E-state index is 12.1. The van der Waals surface area contributed by atoms with Crippen LogP contribution in [0.4, 0.5) is 4.79 Å². The lowest BCUT2D eigenvalue weighted by molar-refractivity contribution is -0.126. The maximum Gasteiger partial charge on any atom is 0.325 e. The van der Waals surface area contributed by atoms with Crippen molar-refractivity contribution in [2.45, 2.75) is 18.6 Å². The third-order valence-corrected chi connectivity index (χ3v) is 3.39. The molecule has 2 atom stereocenters. The molecule has 2 rings (SSSR count). The maximum atomic E-state index is 12.1. The Morgan fingerprint density at radius 1 is 1.32 bits per heavy atom. The number of benzene rings is 1. The molecule has 3 amide bonds. The topological polar surface area (TPSA) is 89.9 Å². The second-order valence-corrected chi connectivity index (χ2v) is 4.64. The Bertz CT molecular complexity index is 491. The summed E-state index contributed by atoms with van der Waals surface area (Å²) in [5, 5.41) is 20.7. The number of urea groups is 1. The van der Waals surface area contributed by atoms with Crippen molar-refractivity contribution in [1.82, 2.24) is 10.2 Å². The first-order valence-corrected chi connectivity index (χ1v) is 5.97. The minimum Gasteiger partial charge on any atom is -0.394 e. The first-order valence-electron chi connectivity index (χ1n) is 5.97. The molecule has 1 aromatic rings. The monoisotopic (exact) mass is 264 g/mol. The van der Waals surface area contributed by atoms with Crippen LogP contribution in [0.15, 0.2) is 30.3 Å². The number of aliphatic hydroxyl groups is 2. The zero-order valence-electron chi connectivity index (χ0n) is 10.5. The third kappa shape index (κ3) is 2.20. The largest absolute Gasteiger partial charge is 0.394 e. The average Bonchev–Trinajstić information content (AvgIpc) is 2.64. The summed E-state index contributed by atoms with van der Waals surface area (Å²) in [5.74, 6) is -0.436. The van der Waals surface area contributed by atoms with Gasteiger partial charge in [0.25, 0.3) is 5.91 Å². The fourth-order valence-corrected chi connectivity index (χ4v) is 2.20. The van der Waals surface area contributed by atoms with Crippen molar-refractivity contribution in [2.24, 2.45) is 0 Å². The van der Waals surface area contributed by atoms with Gasteiger partial charge in [0.1, 0.15) is 5.54 Å². The second-order valence-electron chi connectivity index (χ2n) is 4.64. The molecule has 102 valence electrons. The van der Waals surface area contributed by atoms with E-state index in [0.29, 0.717) is 5.56 Å². The van der Waals surface area contributed by atoms with Crippen LogP contribution in [0.25, 0.3) is 0 Å². The average molecular weight is 264 g/mol. The van der Waals surface area contributed by atoms with E-state index in [1.165, 1.54) is 4.90 Å². The number of nitrogens with zero attached hydrogens (tertiary/aromatic N) is 1. The van der Waals surface area contributed by atoms with Gasteiger partial charge in [-0.05, 0) is 12.5 Å². The molecule has 0 bridgehead atoms. The standard InChI is InChI=1S/C13H16N2O4/c1-13(9-5-3-2-4-6-9)11(18)14-12(19)15(13)7-10(17)8-16/h2-6,10,16-17H,7-8H2,1H3,(H,14,18,19). The van der Waals surface area contributed by atoms with Gasteiger partial charge in [-0.2, -0.15) is 0 Å². The lowest BCUT2D eigenvalue weighted by Crippen LogP contribution is -2.48. The smallest absolute Gasteiger partial charge is 0.325 e. The number of aliphatic hydroxyl groups excluding tert-OH is 2. The molecule has 1 fully saturated rings. The predicted octanol–water partition coefficient (Wildman–Crippen LogP) is -0.193. The summed E-state index contributed by atoms with van der Waals surface area (Å²) >= 11 is 0. The van der Waals surface area contributed by atoms with Gasteiger partial charge in [0.05, 0.1) is 19.3 Å². The molecular formula is C13H16N2O4. The van der Waals surface area contributed by atoms with Crippen molar-refractivity contribution in [3.05, 3.63) is 35.9 Å². The van der Waals surface area contributed by atoms with Crippen LogP contribution in [0, 0.1) is 0 Å². The minimum atomic E-state index is -1.17. The van der Waals surface area contributed by atoms with Crippen LogP contribution in [0.5, 0.6) is 0 Å². The Morgan fingerprint density at radius 2 is 1.95 bits per heavy atom. The Hall–Kier alpha value is -1.92. The van der Waals surface area contributed by atoms with Gasteiger partial charge in [0.15, 0.2) is 0 Å². The Labute approximate surface area is 110 Å². The first-order chi connectivity index (χ1) is 9.00. The van der Waals surface area contributed by atoms with Crippen LogP contribution in [0.3, 0.4) is 0 Å². The number of rotatable bonds is 4. The van der Waals surface area contributed by atoms with Crippen LogP contribution in [-0.4, -0.2) is 46.3 Å².